The van der Waals surface area contributed by atoms with Gasteiger partial charge >= 0.3 is 0 Å². The molecule has 0 aliphatic rings. The van der Waals surface area contributed by atoms with Gasteiger partial charge in [-0.1, -0.05) is 30.3 Å². The summed E-state index contributed by atoms with van der Waals surface area (Å²) in [5.41, 5.74) is 6.02. The van der Waals surface area contributed by atoms with E-state index in [2.05, 4.69) is 0 Å². The molecule has 0 radical (unpaired) electrons. The van der Waals surface area contributed by atoms with E-state index >= 15 is 0 Å². The second kappa shape index (κ2) is 4.57. The summed E-state index contributed by atoms with van der Waals surface area (Å²) in [6, 6.07) is 8.27. The predicted molar refractivity (Wildman–Crippen MR) is 49.8 cm³/mol. The van der Waals surface area contributed by atoms with Gasteiger partial charge in [-0.15, -0.1) is 0 Å². The molecule has 1 rings (SSSR count). The van der Waals surface area contributed by atoms with Crippen LogP contribution in [0.4, 0.5) is 0 Å². The van der Waals surface area contributed by atoms with Gasteiger partial charge in [0.15, 0.2) is 0 Å². The van der Waals surface area contributed by atoms with Gasteiger partial charge in [0.05, 0.1) is 0 Å². The molecule has 0 saturated heterocycles. The van der Waals surface area contributed by atoms with Crippen LogP contribution in [0.5, 0.6) is 0 Å². The van der Waals surface area contributed by atoms with E-state index in [1.165, 1.54) is 0 Å². The first-order chi connectivity index (χ1) is 6.25. The first-order valence-electron chi connectivity index (χ1n) is 4.14. The molecular formula is C9H12N2O2. The van der Waals surface area contributed by atoms with E-state index in [-0.39, 0.29) is 4.92 Å². The van der Waals surface area contributed by atoms with Crippen LogP contribution in [-0.2, 0) is 0 Å². The first-order valence-corrected chi connectivity index (χ1v) is 4.14. The van der Waals surface area contributed by atoms with Crippen molar-refractivity contribution in [3.8, 4) is 0 Å². The van der Waals surface area contributed by atoms with Crippen LogP contribution in [0.25, 0.3) is 0 Å². The molecule has 70 valence electrons. The Bertz CT molecular complexity index is 274. The van der Waals surface area contributed by atoms with Crippen LogP contribution < -0.4 is 5.73 Å². The van der Waals surface area contributed by atoms with Crippen LogP contribution in [0.2, 0.25) is 0 Å². The van der Waals surface area contributed by atoms with Crippen LogP contribution in [-0.4, -0.2) is 11.5 Å². The Morgan fingerprint density at radius 2 is 2.00 bits per heavy atom. The fourth-order valence-corrected chi connectivity index (χ4v) is 1.23. The quantitative estimate of drug-likeness (QED) is 0.561. The van der Waals surface area contributed by atoms with Gasteiger partial charge in [-0.25, -0.2) is 0 Å². The summed E-state index contributed by atoms with van der Waals surface area (Å²) < 4.78 is 0. The van der Waals surface area contributed by atoms with E-state index in [4.69, 9.17) is 5.73 Å². The minimum atomic E-state index is -0.661. The Hall–Kier alpha value is -1.42. The van der Waals surface area contributed by atoms with Crippen molar-refractivity contribution in [1.29, 1.82) is 0 Å². The average molecular weight is 180 g/mol. The highest BCUT2D eigenvalue weighted by atomic mass is 16.6. The fraction of sp³-hybridized carbons (Fsp3) is 0.333. The minimum absolute atomic E-state index is 0.289. The molecule has 0 bridgehead atoms. The lowest BCUT2D eigenvalue weighted by molar-refractivity contribution is -0.529. The van der Waals surface area contributed by atoms with Crippen molar-refractivity contribution in [2.24, 2.45) is 5.73 Å². The van der Waals surface area contributed by atoms with Crippen molar-refractivity contribution in [1.82, 2.24) is 0 Å². The third kappa shape index (κ3) is 2.52. The highest BCUT2D eigenvalue weighted by Gasteiger charge is 2.20. The molecule has 2 N–H and O–H groups in total. The van der Waals surface area contributed by atoms with Crippen LogP contribution in [0.3, 0.4) is 0 Å². The number of nitro groups is 1. The van der Waals surface area contributed by atoms with Gasteiger partial charge in [-0.2, -0.15) is 0 Å². The number of nitrogens with two attached hydrogens (primary N) is 1. The third-order valence-corrected chi connectivity index (χ3v) is 1.88. The third-order valence-electron chi connectivity index (χ3n) is 1.88. The Balaban J connectivity index is 2.82. The van der Waals surface area contributed by atoms with E-state index in [9.17, 15) is 10.1 Å². The number of benzene rings is 1. The molecule has 0 amide bonds. The SMILES string of the molecule is NCCC(c1ccccc1)[N+](=O)[O-]. The Kier molecular flexibility index (Phi) is 3.40. The highest BCUT2D eigenvalue weighted by molar-refractivity contribution is 5.17. The van der Waals surface area contributed by atoms with Crippen molar-refractivity contribution in [3.05, 3.63) is 46.0 Å². The van der Waals surface area contributed by atoms with E-state index in [0.29, 0.717) is 13.0 Å². The lowest BCUT2D eigenvalue weighted by Crippen LogP contribution is -2.15. The molecule has 0 heterocycles. The second-order valence-electron chi connectivity index (χ2n) is 2.79. The van der Waals surface area contributed by atoms with Crippen molar-refractivity contribution in [3.63, 3.8) is 0 Å². The van der Waals surface area contributed by atoms with Crippen molar-refractivity contribution >= 4 is 0 Å². The van der Waals surface area contributed by atoms with Gasteiger partial charge in [0.2, 0.25) is 6.04 Å². The van der Waals surface area contributed by atoms with Gasteiger partial charge in [-0.3, -0.25) is 10.1 Å². The zero-order chi connectivity index (χ0) is 9.68. The molecule has 1 atom stereocenters. The molecule has 0 spiro atoms. The molecule has 0 aliphatic heterocycles. The molecule has 0 aliphatic carbocycles. The number of nitrogens with zero attached hydrogens (tertiary/aromatic N) is 1. The Morgan fingerprint density at radius 1 is 1.38 bits per heavy atom. The van der Waals surface area contributed by atoms with Gasteiger partial charge in [0.1, 0.15) is 0 Å². The predicted octanol–water partition coefficient (Wildman–Crippen LogP) is 1.35. The zero-order valence-electron chi connectivity index (χ0n) is 7.22. The first kappa shape index (κ1) is 9.67. The van der Waals surface area contributed by atoms with Crippen LogP contribution in [0, 0.1) is 10.1 Å². The largest absolute Gasteiger partial charge is 0.330 e. The van der Waals surface area contributed by atoms with Crippen molar-refractivity contribution < 1.29 is 4.92 Å². The summed E-state index contributed by atoms with van der Waals surface area (Å²) in [6.45, 7) is 0.334. The molecular weight excluding hydrogens is 168 g/mol. The maximum atomic E-state index is 10.6. The molecule has 1 aromatic rings. The minimum Gasteiger partial charge on any atom is -0.330 e. The van der Waals surface area contributed by atoms with Crippen LogP contribution in [0.1, 0.15) is 18.0 Å². The van der Waals surface area contributed by atoms with Crippen molar-refractivity contribution in [2.45, 2.75) is 12.5 Å². The summed E-state index contributed by atoms with van der Waals surface area (Å²) in [7, 11) is 0. The summed E-state index contributed by atoms with van der Waals surface area (Å²) in [4.78, 5) is 10.4. The van der Waals surface area contributed by atoms with Gasteiger partial charge < -0.3 is 5.73 Å². The molecule has 0 saturated carbocycles. The lowest BCUT2D eigenvalue weighted by atomic mass is 10.1. The standard InChI is InChI=1S/C9H12N2O2/c10-7-6-9(11(12)13)8-4-2-1-3-5-8/h1-5,9H,6-7,10H2. The second-order valence-corrected chi connectivity index (χ2v) is 2.79. The molecule has 13 heavy (non-hydrogen) atoms. The van der Waals surface area contributed by atoms with E-state index < -0.39 is 6.04 Å². The molecule has 4 nitrogen and oxygen atoms in total. The molecule has 1 aromatic carbocycles. The molecule has 4 heteroatoms. The fourth-order valence-electron chi connectivity index (χ4n) is 1.23. The lowest BCUT2D eigenvalue weighted by Gasteiger charge is -2.07. The molecule has 1 unspecified atom stereocenters. The summed E-state index contributed by atoms with van der Waals surface area (Å²) in [5.74, 6) is 0. The average Bonchev–Trinajstić information content (AvgIpc) is 2.15. The van der Waals surface area contributed by atoms with Crippen LogP contribution >= 0.6 is 0 Å². The maximum absolute atomic E-state index is 10.6. The maximum Gasteiger partial charge on any atom is 0.239 e. The summed E-state index contributed by atoms with van der Waals surface area (Å²) >= 11 is 0. The van der Waals surface area contributed by atoms with Gasteiger partial charge in [-0.05, 0) is 6.54 Å². The molecule has 0 aromatic heterocycles. The van der Waals surface area contributed by atoms with E-state index in [1.807, 2.05) is 6.07 Å². The zero-order valence-corrected chi connectivity index (χ0v) is 7.22. The topological polar surface area (TPSA) is 69.2 Å². The summed E-state index contributed by atoms with van der Waals surface area (Å²) in [6.07, 6.45) is 0.386. The Morgan fingerprint density at radius 3 is 2.46 bits per heavy atom. The number of rotatable bonds is 4. The smallest absolute Gasteiger partial charge is 0.239 e. The molecule has 0 fully saturated rings. The van der Waals surface area contributed by atoms with Gasteiger partial charge in [0, 0.05) is 16.9 Å². The monoisotopic (exact) mass is 180 g/mol. The Labute approximate surface area is 76.5 Å². The van der Waals surface area contributed by atoms with E-state index in [0.717, 1.165) is 5.56 Å². The highest BCUT2D eigenvalue weighted by Crippen LogP contribution is 2.18. The number of hydrogen-bond acceptors (Lipinski definition) is 3. The number of hydrogen-bond donors (Lipinski definition) is 1. The van der Waals surface area contributed by atoms with E-state index in [1.54, 1.807) is 24.3 Å². The van der Waals surface area contributed by atoms with Crippen LogP contribution in [0.15, 0.2) is 30.3 Å². The summed E-state index contributed by atoms with van der Waals surface area (Å²) in [5, 5.41) is 10.6. The van der Waals surface area contributed by atoms with Crippen molar-refractivity contribution in [2.75, 3.05) is 6.54 Å². The normalized spacial score (nSPS) is 12.4. The van der Waals surface area contributed by atoms with Gasteiger partial charge in [0.25, 0.3) is 0 Å².